The molecule has 0 aromatic carbocycles. The van der Waals surface area contributed by atoms with Crippen molar-refractivity contribution in [2.45, 2.75) is 58.1 Å². The molecule has 1 N–H and O–H groups in total. The van der Waals surface area contributed by atoms with E-state index < -0.39 is 0 Å². The standard InChI is InChI=1S/C16H29N3O/c1-5-17-14(15-18-10-11-19(15)4)16(20-6-2)9-7-8-13(3)12-16/h10-11,13-14,17H,5-9,12H2,1-4H3. The maximum atomic E-state index is 6.32. The van der Waals surface area contributed by atoms with Crippen molar-refractivity contribution in [1.82, 2.24) is 14.9 Å². The first kappa shape index (κ1) is 15.5. The summed E-state index contributed by atoms with van der Waals surface area (Å²) in [4.78, 5) is 4.58. The molecule has 2 rings (SSSR count). The summed E-state index contributed by atoms with van der Waals surface area (Å²) in [5, 5.41) is 3.63. The second kappa shape index (κ2) is 6.72. The first-order chi connectivity index (χ1) is 9.63. The number of ether oxygens (including phenoxy) is 1. The molecule has 1 heterocycles. The quantitative estimate of drug-likeness (QED) is 0.870. The van der Waals surface area contributed by atoms with Gasteiger partial charge in [0.2, 0.25) is 0 Å². The highest BCUT2D eigenvalue weighted by molar-refractivity contribution is 5.09. The van der Waals surface area contributed by atoms with Crippen LogP contribution in [0.5, 0.6) is 0 Å². The third-order valence-electron chi connectivity index (χ3n) is 4.47. The summed E-state index contributed by atoms with van der Waals surface area (Å²) in [5.41, 5.74) is -0.110. The maximum absolute atomic E-state index is 6.32. The van der Waals surface area contributed by atoms with Gasteiger partial charge in [0.25, 0.3) is 0 Å². The molecular formula is C16H29N3O. The van der Waals surface area contributed by atoms with Crippen LogP contribution in [0.3, 0.4) is 0 Å². The smallest absolute Gasteiger partial charge is 0.128 e. The molecule has 0 spiro atoms. The van der Waals surface area contributed by atoms with Crippen LogP contribution in [0.1, 0.15) is 58.3 Å². The van der Waals surface area contributed by atoms with Crippen LogP contribution in [0.25, 0.3) is 0 Å². The monoisotopic (exact) mass is 279 g/mol. The number of hydrogen-bond acceptors (Lipinski definition) is 3. The lowest BCUT2D eigenvalue weighted by molar-refractivity contribution is -0.104. The molecule has 1 aliphatic rings. The Bertz CT molecular complexity index is 414. The Morgan fingerprint density at radius 2 is 2.35 bits per heavy atom. The minimum atomic E-state index is -0.110. The van der Waals surface area contributed by atoms with Crippen LogP contribution in [0.2, 0.25) is 0 Å². The van der Waals surface area contributed by atoms with E-state index in [4.69, 9.17) is 4.74 Å². The van der Waals surface area contributed by atoms with Crippen molar-refractivity contribution in [1.29, 1.82) is 0 Å². The van der Waals surface area contributed by atoms with Gasteiger partial charge < -0.3 is 14.6 Å². The molecule has 0 bridgehead atoms. The largest absolute Gasteiger partial charge is 0.373 e. The molecule has 0 amide bonds. The van der Waals surface area contributed by atoms with E-state index in [1.807, 2.05) is 12.4 Å². The van der Waals surface area contributed by atoms with Gasteiger partial charge in [-0.15, -0.1) is 0 Å². The summed E-state index contributed by atoms with van der Waals surface area (Å²) in [6.45, 7) is 8.29. The van der Waals surface area contributed by atoms with Crippen LogP contribution in [0.4, 0.5) is 0 Å². The highest BCUT2D eigenvalue weighted by atomic mass is 16.5. The van der Waals surface area contributed by atoms with E-state index in [-0.39, 0.29) is 11.6 Å². The predicted octanol–water partition coefficient (Wildman–Crippen LogP) is 3.06. The van der Waals surface area contributed by atoms with Crippen molar-refractivity contribution < 1.29 is 4.74 Å². The van der Waals surface area contributed by atoms with Gasteiger partial charge in [0.05, 0.1) is 11.6 Å². The topological polar surface area (TPSA) is 39.1 Å². The van der Waals surface area contributed by atoms with Crippen LogP contribution in [-0.2, 0) is 11.8 Å². The minimum Gasteiger partial charge on any atom is -0.373 e. The maximum Gasteiger partial charge on any atom is 0.128 e. The van der Waals surface area contributed by atoms with E-state index in [1.54, 1.807) is 0 Å². The van der Waals surface area contributed by atoms with Crippen molar-refractivity contribution in [2.24, 2.45) is 13.0 Å². The van der Waals surface area contributed by atoms with Gasteiger partial charge in [-0.1, -0.05) is 26.7 Å². The Labute approximate surface area is 122 Å². The lowest BCUT2D eigenvalue weighted by Crippen LogP contribution is -2.50. The van der Waals surface area contributed by atoms with Gasteiger partial charge in [-0.05, 0) is 32.2 Å². The number of nitrogens with one attached hydrogen (secondary N) is 1. The second-order valence-electron chi connectivity index (χ2n) is 6.09. The number of hydrogen-bond donors (Lipinski definition) is 1. The predicted molar refractivity (Wildman–Crippen MR) is 81.6 cm³/mol. The van der Waals surface area contributed by atoms with Gasteiger partial charge in [-0.2, -0.15) is 0 Å². The van der Waals surface area contributed by atoms with Crippen LogP contribution in [-0.4, -0.2) is 28.3 Å². The fourth-order valence-corrected chi connectivity index (χ4v) is 3.68. The Balaban J connectivity index is 2.34. The summed E-state index contributed by atoms with van der Waals surface area (Å²) in [6.07, 6.45) is 8.69. The van der Waals surface area contributed by atoms with Gasteiger partial charge in [0.15, 0.2) is 0 Å². The lowest BCUT2D eigenvalue weighted by Gasteiger charge is -2.45. The zero-order valence-corrected chi connectivity index (χ0v) is 13.4. The van der Waals surface area contributed by atoms with Crippen LogP contribution in [0.15, 0.2) is 12.4 Å². The van der Waals surface area contributed by atoms with Crippen LogP contribution in [0, 0.1) is 5.92 Å². The van der Waals surface area contributed by atoms with E-state index in [2.05, 4.69) is 42.7 Å². The number of aryl methyl sites for hydroxylation is 1. The zero-order valence-electron chi connectivity index (χ0n) is 13.4. The first-order valence-electron chi connectivity index (χ1n) is 7.97. The van der Waals surface area contributed by atoms with Gasteiger partial charge in [-0.3, -0.25) is 0 Å². The fourth-order valence-electron chi connectivity index (χ4n) is 3.68. The first-order valence-corrected chi connectivity index (χ1v) is 7.97. The molecule has 1 saturated carbocycles. The van der Waals surface area contributed by atoms with Crippen molar-refractivity contribution in [3.63, 3.8) is 0 Å². The molecule has 20 heavy (non-hydrogen) atoms. The molecule has 3 atom stereocenters. The average molecular weight is 279 g/mol. The Kier molecular flexibility index (Phi) is 5.22. The molecule has 0 radical (unpaired) electrons. The molecule has 0 aliphatic heterocycles. The van der Waals surface area contributed by atoms with E-state index in [0.717, 1.165) is 37.7 Å². The van der Waals surface area contributed by atoms with Gasteiger partial charge in [0.1, 0.15) is 5.82 Å². The SMILES string of the molecule is CCNC(c1nccn1C)C1(OCC)CCCC(C)C1. The minimum absolute atomic E-state index is 0.110. The summed E-state index contributed by atoms with van der Waals surface area (Å²) in [5.74, 6) is 1.81. The highest BCUT2D eigenvalue weighted by Gasteiger charge is 2.44. The Hall–Kier alpha value is -0.870. The van der Waals surface area contributed by atoms with Gasteiger partial charge in [0, 0.05) is 26.0 Å². The summed E-state index contributed by atoms with van der Waals surface area (Å²) in [7, 11) is 2.07. The molecule has 4 nitrogen and oxygen atoms in total. The number of likely N-dealkylation sites (N-methyl/N-ethyl adjacent to an activating group) is 1. The number of rotatable bonds is 6. The molecule has 1 aromatic rings. The fraction of sp³-hybridized carbons (Fsp3) is 0.812. The molecule has 1 aliphatic carbocycles. The third-order valence-corrected chi connectivity index (χ3v) is 4.47. The van der Waals surface area contributed by atoms with Crippen molar-refractivity contribution in [3.8, 4) is 0 Å². The van der Waals surface area contributed by atoms with Crippen molar-refractivity contribution in [3.05, 3.63) is 18.2 Å². The van der Waals surface area contributed by atoms with E-state index in [0.29, 0.717) is 0 Å². The zero-order chi connectivity index (χ0) is 14.6. The Morgan fingerprint density at radius 3 is 2.90 bits per heavy atom. The second-order valence-corrected chi connectivity index (χ2v) is 6.09. The van der Waals surface area contributed by atoms with Crippen molar-refractivity contribution in [2.75, 3.05) is 13.2 Å². The molecule has 3 unspecified atom stereocenters. The van der Waals surface area contributed by atoms with Crippen molar-refractivity contribution >= 4 is 0 Å². The average Bonchev–Trinajstić information content (AvgIpc) is 2.82. The van der Waals surface area contributed by atoms with Crippen LogP contribution >= 0.6 is 0 Å². The van der Waals surface area contributed by atoms with Crippen LogP contribution < -0.4 is 5.32 Å². The molecule has 4 heteroatoms. The van der Waals surface area contributed by atoms with E-state index in [1.165, 1.54) is 12.8 Å². The number of aromatic nitrogens is 2. The van der Waals surface area contributed by atoms with E-state index >= 15 is 0 Å². The van der Waals surface area contributed by atoms with E-state index in [9.17, 15) is 0 Å². The molecule has 114 valence electrons. The number of imidazole rings is 1. The molecule has 0 saturated heterocycles. The number of nitrogens with zero attached hydrogens (tertiary/aromatic N) is 2. The summed E-state index contributed by atoms with van der Waals surface area (Å²) in [6, 6.07) is 0.176. The van der Waals surface area contributed by atoms with Gasteiger partial charge in [-0.25, -0.2) is 4.98 Å². The lowest BCUT2D eigenvalue weighted by atomic mass is 9.74. The molecule has 1 fully saturated rings. The molecule has 1 aromatic heterocycles. The Morgan fingerprint density at radius 1 is 1.55 bits per heavy atom. The van der Waals surface area contributed by atoms with Gasteiger partial charge >= 0.3 is 0 Å². The third kappa shape index (κ3) is 3.07. The molecular weight excluding hydrogens is 250 g/mol. The normalized spacial score (nSPS) is 28.5. The summed E-state index contributed by atoms with van der Waals surface area (Å²) < 4.78 is 8.44. The highest BCUT2D eigenvalue weighted by Crippen LogP contribution is 2.43. The summed E-state index contributed by atoms with van der Waals surface area (Å²) >= 11 is 0.